The molecule has 13 heteroatoms. The van der Waals surface area contributed by atoms with Crippen LogP contribution >= 0.6 is 0 Å². The minimum absolute atomic E-state index is 0.0121. The van der Waals surface area contributed by atoms with Crippen LogP contribution in [0.25, 0.3) is 32.9 Å². The fraction of sp³-hybridized carbons (Fsp3) is 0.525. The molecule has 0 bridgehead atoms. The van der Waals surface area contributed by atoms with Crippen LogP contribution in [0.2, 0.25) is 0 Å². The summed E-state index contributed by atoms with van der Waals surface area (Å²) in [6.45, 7) is 7.88. The van der Waals surface area contributed by atoms with Gasteiger partial charge in [-0.15, -0.1) is 6.42 Å². The molecule has 5 heterocycles. The Kier molecular flexibility index (Phi) is 9.29. The van der Waals surface area contributed by atoms with E-state index in [0.29, 0.717) is 42.4 Å². The highest BCUT2D eigenvalue weighted by atomic mass is 19.1. The lowest BCUT2D eigenvalue weighted by atomic mass is 9.76. The number of terminal acetylenes is 1. The third-order valence-electron chi connectivity index (χ3n) is 11.4. The lowest BCUT2D eigenvalue weighted by Gasteiger charge is -2.44. The van der Waals surface area contributed by atoms with E-state index in [1.165, 1.54) is 31.4 Å². The van der Waals surface area contributed by atoms with Gasteiger partial charge in [0.25, 0.3) is 0 Å². The molecule has 2 aromatic heterocycles. The van der Waals surface area contributed by atoms with Gasteiger partial charge >= 0.3 is 6.01 Å². The third-order valence-corrected chi connectivity index (χ3v) is 11.4. The van der Waals surface area contributed by atoms with Crippen LogP contribution in [0.5, 0.6) is 17.6 Å². The first kappa shape index (κ1) is 35.7. The molecule has 0 radical (unpaired) electrons. The van der Waals surface area contributed by atoms with Crippen molar-refractivity contribution in [3.05, 3.63) is 41.5 Å². The average molecular weight is 730 g/mol. The molecule has 4 aromatic rings. The molecule has 11 nitrogen and oxygen atoms in total. The molecule has 2 aromatic carbocycles. The monoisotopic (exact) mass is 729 g/mol. The third kappa shape index (κ3) is 6.49. The van der Waals surface area contributed by atoms with Crippen molar-refractivity contribution in [3.63, 3.8) is 0 Å². The number of methoxy groups -OCH3 is 1. The molecule has 2 aliphatic carbocycles. The van der Waals surface area contributed by atoms with Crippen LogP contribution in [0.3, 0.4) is 0 Å². The second-order valence-corrected chi connectivity index (χ2v) is 15.1. The Morgan fingerprint density at radius 3 is 2.57 bits per heavy atom. The van der Waals surface area contributed by atoms with Crippen LogP contribution in [0.4, 0.5) is 14.6 Å². The number of halogens is 2. The molecule has 280 valence electrons. The molecule has 9 rings (SSSR count). The molecule has 0 spiro atoms. The number of pyridine rings is 1. The fourth-order valence-electron chi connectivity index (χ4n) is 8.85. The zero-order valence-corrected chi connectivity index (χ0v) is 30.6. The van der Waals surface area contributed by atoms with Crippen molar-refractivity contribution in [2.75, 3.05) is 58.6 Å². The molecule has 5 fully saturated rings. The Morgan fingerprint density at radius 1 is 1.04 bits per heavy atom. The number of benzene rings is 2. The zero-order chi connectivity index (χ0) is 37.1. The van der Waals surface area contributed by atoms with Gasteiger partial charge in [-0.25, -0.2) is 13.8 Å². The molecular formula is C40H45F2N5O6. The smallest absolute Gasteiger partial charge is 0.319 e. The number of phenols is 1. The van der Waals surface area contributed by atoms with Crippen LogP contribution in [-0.4, -0.2) is 103 Å². The predicted molar refractivity (Wildman–Crippen MR) is 195 cm³/mol. The molecule has 4 unspecified atom stereocenters. The standard InChI is InChI=1S/C35H35F2N5O4.C5H10O2/c1-4-21-23(36)9-8-19-15-20(43)16-22(27(19)21)30-29(37)31-28(33(38-30)44-3)32(42-13-14-45-25-17-24(25)42)40-34(39-31)46-18-35-10-5-7-26(35)41(2)12-6-11-35;1-5(2)6-3-4-7-5/h1,8-9,15-16,24-26,43H,5-7,10-14,17-18H2,2-3H3;3-4H2,1-2H3. The van der Waals surface area contributed by atoms with Crippen LogP contribution in [0.1, 0.15) is 57.9 Å². The van der Waals surface area contributed by atoms with E-state index in [1.807, 2.05) is 13.8 Å². The number of likely N-dealkylation sites (tertiary alicyclic amines) is 1. The first-order valence-electron chi connectivity index (χ1n) is 18.4. The molecule has 3 aliphatic heterocycles. The normalized spacial score (nSPS) is 26.1. The number of ether oxygens (including phenoxy) is 5. The summed E-state index contributed by atoms with van der Waals surface area (Å²) in [4.78, 5) is 18.7. The molecule has 0 amide bonds. The molecule has 53 heavy (non-hydrogen) atoms. The highest BCUT2D eigenvalue weighted by molar-refractivity contribution is 6.04. The van der Waals surface area contributed by atoms with Crippen molar-refractivity contribution in [1.29, 1.82) is 0 Å². The van der Waals surface area contributed by atoms with Crippen molar-refractivity contribution in [2.45, 2.75) is 76.3 Å². The lowest BCUT2D eigenvalue weighted by Crippen LogP contribution is -2.50. The van der Waals surface area contributed by atoms with Gasteiger partial charge in [0.15, 0.2) is 11.6 Å². The summed E-state index contributed by atoms with van der Waals surface area (Å²) in [6.07, 6.45) is 12.1. The van der Waals surface area contributed by atoms with Gasteiger partial charge in [-0.3, -0.25) is 0 Å². The molecule has 1 N–H and O–H groups in total. The number of piperidine rings is 1. The maximum absolute atomic E-state index is 17.0. The Morgan fingerprint density at radius 2 is 1.83 bits per heavy atom. The number of aromatic hydroxyl groups is 1. The molecule has 2 saturated carbocycles. The summed E-state index contributed by atoms with van der Waals surface area (Å²) in [5.41, 5.74) is -0.174. The SMILES string of the molecule is C#Cc1c(F)ccc2cc(O)cc(-c3nc(OC)c4c(N5CCOC6CC65)nc(OCC56CCCC5N(C)CCC6)nc4c3F)c12.CC1(C)OCCO1. The van der Waals surface area contributed by atoms with E-state index < -0.39 is 11.6 Å². The van der Waals surface area contributed by atoms with Crippen LogP contribution < -0.4 is 14.4 Å². The van der Waals surface area contributed by atoms with Crippen molar-refractivity contribution < 1.29 is 37.6 Å². The maximum atomic E-state index is 17.0. The minimum atomic E-state index is -0.779. The zero-order valence-electron chi connectivity index (χ0n) is 30.6. The summed E-state index contributed by atoms with van der Waals surface area (Å²) in [6, 6.07) is 6.08. The largest absolute Gasteiger partial charge is 0.508 e. The van der Waals surface area contributed by atoms with Gasteiger partial charge in [-0.2, -0.15) is 9.97 Å². The Hall–Kier alpha value is -4.35. The molecule has 3 saturated heterocycles. The van der Waals surface area contributed by atoms with E-state index in [-0.39, 0.29) is 68.7 Å². The Balaban J connectivity index is 0.000000515. The summed E-state index contributed by atoms with van der Waals surface area (Å²) in [5.74, 6) is 1.08. The van der Waals surface area contributed by atoms with Gasteiger partial charge < -0.3 is 38.6 Å². The van der Waals surface area contributed by atoms with Gasteiger partial charge in [-0.05, 0) is 83.1 Å². The lowest BCUT2D eigenvalue weighted by molar-refractivity contribution is -0.125. The van der Waals surface area contributed by atoms with Crippen molar-refractivity contribution in [1.82, 2.24) is 19.9 Å². The molecule has 5 aliphatic rings. The predicted octanol–water partition coefficient (Wildman–Crippen LogP) is 6.21. The van der Waals surface area contributed by atoms with E-state index in [2.05, 4.69) is 32.7 Å². The highest BCUT2D eigenvalue weighted by Crippen LogP contribution is 2.48. The number of phenolic OH excluding ortho intramolecular Hbond substituents is 1. The van der Waals surface area contributed by atoms with E-state index >= 15 is 4.39 Å². The van der Waals surface area contributed by atoms with E-state index in [9.17, 15) is 9.50 Å². The average Bonchev–Trinajstić information content (AvgIpc) is 3.64. The van der Waals surface area contributed by atoms with Gasteiger partial charge in [0.05, 0.1) is 51.2 Å². The fourth-order valence-corrected chi connectivity index (χ4v) is 8.85. The van der Waals surface area contributed by atoms with Crippen molar-refractivity contribution in [3.8, 4) is 41.2 Å². The van der Waals surface area contributed by atoms with Crippen molar-refractivity contribution in [2.24, 2.45) is 5.41 Å². The number of rotatable bonds is 6. The number of anilines is 1. The number of hydrogen-bond donors (Lipinski definition) is 1. The minimum Gasteiger partial charge on any atom is -0.508 e. The first-order chi connectivity index (χ1) is 25.5. The quantitative estimate of drug-likeness (QED) is 0.229. The summed E-state index contributed by atoms with van der Waals surface area (Å²) in [5, 5.41) is 11.6. The van der Waals surface area contributed by atoms with Crippen LogP contribution in [0, 0.1) is 29.4 Å². The van der Waals surface area contributed by atoms with Gasteiger partial charge in [0.2, 0.25) is 5.88 Å². The Bertz CT molecular complexity index is 2100. The van der Waals surface area contributed by atoms with Crippen molar-refractivity contribution >= 4 is 27.5 Å². The summed E-state index contributed by atoms with van der Waals surface area (Å²) in [7, 11) is 3.63. The topological polar surface area (TPSA) is 112 Å². The summed E-state index contributed by atoms with van der Waals surface area (Å²) < 4.78 is 60.3. The van der Waals surface area contributed by atoms with E-state index in [4.69, 9.17) is 35.1 Å². The van der Waals surface area contributed by atoms with Gasteiger partial charge in [0.1, 0.15) is 34.0 Å². The maximum Gasteiger partial charge on any atom is 0.319 e. The molecule has 4 atom stereocenters. The Labute approximate surface area is 307 Å². The van der Waals surface area contributed by atoms with Gasteiger partial charge in [-0.1, -0.05) is 18.4 Å². The first-order valence-corrected chi connectivity index (χ1v) is 18.4. The molecular weight excluding hydrogens is 684 g/mol. The van der Waals surface area contributed by atoms with E-state index in [0.717, 1.165) is 58.3 Å². The number of aromatic nitrogens is 3. The summed E-state index contributed by atoms with van der Waals surface area (Å²) >= 11 is 0. The second-order valence-electron chi connectivity index (χ2n) is 15.1. The highest BCUT2D eigenvalue weighted by Gasteiger charge is 2.49. The van der Waals surface area contributed by atoms with Crippen LogP contribution in [-0.2, 0) is 14.2 Å². The van der Waals surface area contributed by atoms with Crippen LogP contribution in [0.15, 0.2) is 24.3 Å². The number of morpholine rings is 1. The number of fused-ring (bicyclic) bond motifs is 4. The van der Waals surface area contributed by atoms with E-state index in [1.54, 1.807) is 0 Å². The van der Waals surface area contributed by atoms with Gasteiger partial charge in [0, 0.05) is 29.0 Å². The number of hydrogen-bond acceptors (Lipinski definition) is 11. The number of nitrogens with zero attached hydrogens (tertiary/aromatic N) is 5. The second kappa shape index (κ2) is 13.8.